The zero-order chi connectivity index (χ0) is 13.9. The van der Waals surface area contributed by atoms with E-state index < -0.39 is 9.05 Å². The maximum absolute atomic E-state index is 11.5. The highest BCUT2D eigenvalue weighted by Crippen LogP contribution is 2.24. The maximum atomic E-state index is 11.5. The summed E-state index contributed by atoms with van der Waals surface area (Å²) in [6, 6.07) is 4.57. The summed E-state index contributed by atoms with van der Waals surface area (Å²) in [4.78, 5) is 12.3. The minimum Gasteiger partial charge on any atom is -0.364 e. The highest BCUT2D eigenvalue weighted by molar-refractivity contribution is 8.15. The molecule has 0 aliphatic carbocycles. The summed E-state index contributed by atoms with van der Waals surface area (Å²) in [6.07, 6.45) is 1.83. The maximum Gasteiger partial charge on any atom is 0.273 e. The Bertz CT molecular complexity index is 664. The predicted octanol–water partition coefficient (Wildman–Crippen LogP) is 1.64. The number of hydrogen-bond acceptors (Lipinski definition) is 6. The van der Waals surface area contributed by atoms with Crippen molar-refractivity contribution in [2.45, 2.75) is 10.6 Å². The van der Waals surface area contributed by atoms with Gasteiger partial charge in [0.15, 0.2) is 5.69 Å². The smallest absolute Gasteiger partial charge is 0.273 e. The Morgan fingerprint density at radius 3 is 2.79 bits per heavy atom. The highest BCUT2D eigenvalue weighted by Gasteiger charge is 2.13. The van der Waals surface area contributed by atoms with Crippen molar-refractivity contribution in [3.05, 3.63) is 35.0 Å². The predicted molar refractivity (Wildman–Crippen MR) is 69.9 cm³/mol. The Morgan fingerprint density at radius 2 is 2.21 bits per heavy atom. The lowest BCUT2D eigenvalue weighted by molar-refractivity contribution is 0.0945. The molecule has 19 heavy (non-hydrogen) atoms. The third-order valence-electron chi connectivity index (χ3n) is 2.20. The van der Waals surface area contributed by atoms with Crippen molar-refractivity contribution in [3.63, 3.8) is 0 Å². The van der Waals surface area contributed by atoms with Crippen LogP contribution in [0.1, 0.15) is 15.4 Å². The van der Waals surface area contributed by atoms with Crippen LogP contribution in [-0.2, 0) is 15.5 Å². The fourth-order valence-electron chi connectivity index (χ4n) is 1.34. The summed E-state index contributed by atoms with van der Waals surface area (Å²) in [5.74, 6) is -0.338. The van der Waals surface area contributed by atoms with Gasteiger partial charge in [-0.3, -0.25) is 4.79 Å². The summed E-state index contributed by atoms with van der Waals surface area (Å²) >= 11 is 1.08. The molecule has 0 radical (unpaired) electrons. The number of nitrogens with one attached hydrogen (secondary N) is 1. The molecule has 0 spiro atoms. The monoisotopic (exact) mass is 320 g/mol. The number of thiophene rings is 1. The zero-order valence-corrected chi connectivity index (χ0v) is 11.9. The van der Waals surface area contributed by atoms with Gasteiger partial charge in [0, 0.05) is 28.2 Å². The van der Waals surface area contributed by atoms with Crippen molar-refractivity contribution in [2.75, 3.05) is 6.54 Å². The number of nitrogens with zero attached hydrogens (tertiary/aromatic N) is 1. The van der Waals surface area contributed by atoms with Gasteiger partial charge in [-0.2, -0.15) is 0 Å². The second-order valence-electron chi connectivity index (χ2n) is 3.55. The normalized spacial score (nSPS) is 11.4. The van der Waals surface area contributed by atoms with Crippen molar-refractivity contribution >= 4 is 37.0 Å². The van der Waals surface area contributed by atoms with Crippen LogP contribution in [0.15, 0.2) is 33.2 Å². The van der Waals surface area contributed by atoms with E-state index >= 15 is 0 Å². The van der Waals surface area contributed by atoms with Gasteiger partial charge in [0.1, 0.15) is 10.5 Å². The van der Waals surface area contributed by atoms with Crippen molar-refractivity contribution < 1.29 is 17.7 Å². The SMILES string of the molecule is O=C(NCCc1ccc(S(=O)(=O)Cl)s1)c1ccon1. The third-order valence-corrected chi connectivity index (χ3v) is 5.44. The number of rotatable bonds is 5. The van der Waals surface area contributed by atoms with Crippen LogP contribution in [0.2, 0.25) is 0 Å². The summed E-state index contributed by atoms with van der Waals surface area (Å²) < 4.78 is 26.8. The van der Waals surface area contributed by atoms with E-state index in [1.165, 1.54) is 18.4 Å². The van der Waals surface area contributed by atoms with Gasteiger partial charge in [-0.05, 0) is 18.6 Å². The lowest BCUT2D eigenvalue weighted by Gasteiger charge is -2.00. The topological polar surface area (TPSA) is 89.3 Å². The summed E-state index contributed by atoms with van der Waals surface area (Å²) in [7, 11) is 1.54. The molecule has 2 aromatic rings. The first-order valence-corrected chi connectivity index (χ1v) is 8.31. The Morgan fingerprint density at radius 1 is 1.42 bits per heavy atom. The largest absolute Gasteiger partial charge is 0.364 e. The van der Waals surface area contributed by atoms with Crippen molar-refractivity contribution in [1.29, 1.82) is 0 Å². The lowest BCUT2D eigenvalue weighted by atomic mass is 10.3. The molecule has 0 atom stereocenters. The van der Waals surface area contributed by atoms with Gasteiger partial charge in [0.25, 0.3) is 15.0 Å². The van der Waals surface area contributed by atoms with Crippen LogP contribution in [-0.4, -0.2) is 26.0 Å². The molecule has 2 rings (SSSR count). The van der Waals surface area contributed by atoms with Gasteiger partial charge in [0.2, 0.25) is 0 Å². The first-order chi connectivity index (χ1) is 8.97. The summed E-state index contributed by atoms with van der Waals surface area (Å²) in [6.45, 7) is 0.369. The van der Waals surface area contributed by atoms with E-state index in [4.69, 9.17) is 10.7 Å². The molecule has 2 aromatic heterocycles. The number of halogens is 1. The Hall–Kier alpha value is -1.38. The Kier molecular flexibility index (Phi) is 4.23. The van der Waals surface area contributed by atoms with E-state index in [-0.39, 0.29) is 15.8 Å². The van der Waals surface area contributed by atoms with E-state index in [0.29, 0.717) is 13.0 Å². The van der Waals surface area contributed by atoms with Gasteiger partial charge in [-0.1, -0.05) is 5.16 Å². The van der Waals surface area contributed by atoms with Crippen LogP contribution >= 0.6 is 22.0 Å². The van der Waals surface area contributed by atoms with E-state index in [0.717, 1.165) is 16.2 Å². The molecule has 0 saturated carbocycles. The van der Waals surface area contributed by atoms with E-state index in [1.807, 2.05) is 0 Å². The lowest BCUT2D eigenvalue weighted by Crippen LogP contribution is -2.25. The second-order valence-corrected chi connectivity index (χ2v) is 7.51. The molecule has 1 amide bonds. The molecule has 0 bridgehead atoms. The quantitative estimate of drug-likeness (QED) is 0.846. The number of carbonyl (C=O) groups excluding carboxylic acids is 1. The molecule has 102 valence electrons. The first-order valence-electron chi connectivity index (χ1n) is 5.19. The number of amides is 1. The third kappa shape index (κ3) is 3.79. The molecule has 0 fully saturated rings. The van der Waals surface area contributed by atoms with Crippen LogP contribution in [0.3, 0.4) is 0 Å². The minimum absolute atomic E-state index is 0.104. The van der Waals surface area contributed by atoms with Crippen molar-refractivity contribution in [1.82, 2.24) is 10.5 Å². The van der Waals surface area contributed by atoms with Gasteiger partial charge >= 0.3 is 0 Å². The van der Waals surface area contributed by atoms with E-state index in [1.54, 1.807) is 6.07 Å². The fraction of sp³-hybridized carbons (Fsp3) is 0.200. The van der Waals surface area contributed by atoms with Gasteiger partial charge in [0.05, 0.1) is 0 Å². The van der Waals surface area contributed by atoms with Crippen molar-refractivity contribution in [3.8, 4) is 0 Å². The van der Waals surface area contributed by atoms with E-state index in [9.17, 15) is 13.2 Å². The van der Waals surface area contributed by atoms with Gasteiger partial charge in [-0.15, -0.1) is 11.3 Å². The molecular weight excluding hydrogens is 312 g/mol. The zero-order valence-electron chi connectivity index (χ0n) is 9.50. The summed E-state index contributed by atoms with van der Waals surface area (Å²) in [5.41, 5.74) is 0.204. The second kappa shape index (κ2) is 5.72. The molecule has 6 nitrogen and oxygen atoms in total. The fourth-order valence-corrected chi connectivity index (χ4v) is 3.47. The Labute approximate surface area is 117 Å². The minimum atomic E-state index is -3.68. The van der Waals surface area contributed by atoms with Crippen molar-refractivity contribution in [2.24, 2.45) is 0 Å². The molecule has 2 heterocycles. The van der Waals surface area contributed by atoms with Crippen LogP contribution in [0.4, 0.5) is 0 Å². The average Bonchev–Trinajstić information content (AvgIpc) is 2.99. The first kappa shape index (κ1) is 14.0. The number of aromatic nitrogens is 1. The molecule has 0 aliphatic heterocycles. The molecule has 0 aliphatic rings. The van der Waals surface area contributed by atoms with Crippen LogP contribution in [0.5, 0.6) is 0 Å². The van der Waals surface area contributed by atoms with Crippen LogP contribution in [0, 0.1) is 0 Å². The number of carbonyl (C=O) groups is 1. The standard InChI is InChI=1S/C10H9ClN2O4S2/c11-19(15,16)9-2-1-7(18-9)3-5-12-10(14)8-4-6-17-13-8/h1-2,4,6H,3,5H2,(H,12,14). The molecule has 9 heteroatoms. The average molecular weight is 321 g/mol. The molecule has 0 saturated heterocycles. The molecule has 1 N–H and O–H groups in total. The number of hydrogen-bond donors (Lipinski definition) is 1. The molecule has 0 aromatic carbocycles. The van der Waals surface area contributed by atoms with Crippen LogP contribution < -0.4 is 5.32 Å². The van der Waals surface area contributed by atoms with Gasteiger partial charge < -0.3 is 9.84 Å². The van der Waals surface area contributed by atoms with Gasteiger partial charge in [-0.25, -0.2) is 8.42 Å². The molecule has 0 unspecified atom stereocenters. The highest BCUT2D eigenvalue weighted by atomic mass is 35.7. The summed E-state index contributed by atoms with van der Waals surface area (Å²) in [5, 5.41) is 6.14. The Balaban J connectivity index is 1.86. The van der Waals surface area contributed by atoms with Crippen LogP contribution in [0.25, 0.3) is 0 Å². The van der Waals surface area contributed by atoms with E-state index in [2.05, 4.69) is 15.0 Å². The molecular formula is C10H9ClN2O4S2.